The Hall–Kier alpha value is -0.240. The topological polar surface area (TPSA) is 20.3 Å². The van der Waals surface area contributed by atoms with E-state index in [1.165, 1.54) is 19.3 Å². The van der Waals surface area contributed by atoms with Gasteiger partial charge in [0.25, 0.3) is 0 Å². The third-order valence-electron chi connectivity index (χ3n) is 3.40. The number of carbonyl (C=O) groups is 1. The van der Waals surface area contributed by atoms with E-state index in [0.29, 0.717) is 11.8 Å². The molecule has 94 valence electrons. The van der Waals surface area contributed by atoms with Gasteiger partial charge in [0.05, 0.1) is 0 Å². The Morgan fingerprint density at radius 1 is 1.25 bits per heavy atom. The van der Waals surface area contributed by atoms with Crippen LogP contribution in [0.3, 0.4) is 0 Å². The summed E-state index contributed by atoms with van der Waals surface area (Å²) in [6.07, 6.45) is 8.14. The van der Waals surface area contributed by atoms with Gasteiger partial charge in [-0.25, -0.2) is 0 Å². The van der Waals surface area contributed by atoms with Crippen LogP contribution in [0, 0.1) is 5.92 Å². The normalized spacial score (nSPS) is 17.4. The maximum absolute atomic E-state index is 12.3. The van der Waals surface area contributed by atoms with E-state index in [4.69, 9.17) is 11.6 Å². The Labute approximate surface area is 104 Å². The van der Waals surface area contributed by atoms with Crippen molar-refractivity contribution in [2.45, 2.75) is 51.9 Å². The van der Waals surface area contributed by atoms with Gasteiger partial charge in [-0.1, -0.05) is 32.6 Å². The van der Waals surface area contributed by atoms with Gasteiger partial charge in [0.1, 0.15) is 0 Å². The molecule has 0 N–H and O–H groups in total. The number of hydrogen-bond acceptors (Lipinski definition) is 1. The lowest BCUT2D eigenvalue weighted by Crippen LogP contribution is -2.38. The van der Waals surface area contributed by atoms with Crippen LogP contribution in [-0.2, 0) is 4.79 Å². The molecular weight excluding hydrogens is 222 g/mol. The van der Waals surface area contributed by atoms with Gasteiger partial charge in [0.2, 0.25) is 5.91 Å². The van der Waals surface area contributed by atoms with Gasteiger partial charge in [-0.15, -0.1) is 11.6 Å². The summed E-state index contributed by atoms with van der Waals surface area (Å²) in [7, 11) is 0. The number of alkyl halides is 1. The molecule has 16 heavy (non-hydrogen) atoms. The van der Waals surface area contributed by atoms with E-state index in [0.717, 1.165) is 38.8 Å². The summed E-state index contributed by atoms with van der Waals surface area (Å²) in [5.41, 5.74) is 0. The molecule has 1 saturated carbocycles. The van der Waals surface area contributed by atoms with E-state index in [2.05, 4.69) is 6.92 Å². The van der Waals surface area contributed by atoms with Gasteiger partial charge >= 0.3 is 0 Å². The van der Waals surface area contributed by atoms with Crippen LogP contribution in [0.4, 0.5) is 0 Å². The Bertz CT molecular complexity index is 202. The van der Waals surface area contributed by atoms with Crippen LogP contribution in [-0.4, -0.2) is 29.8 Å². The molecule has 0 atom stereocenters. The molecule has 0 radical (unpaired) electrons. The minimum Gasteiger partial charge on any atom is -0.341 e. The molecule has 0 aromatic carbocycles. The summed E-state index contributed by atoms with van der Waals surface area (Å²) in [6, 6.07) is 0. The summed E-state index contributed by atoms with van der Waals surface area (Å²) >= 11 is 5.76. The van der Waals surface area contributed by atoms with Gasteiger partial charge in [-0.3, -0.25) is 4.79 Å². The van der Waals surface area contributed by atoms with Crippen LogP contribution in [0.5, 0.6) is 0 Å². The van der Waals surface area contributed by atoms with Crippen molar-refractivity contribution in [3.63, 3.8) is 0 Å². The third kappa shape index (κ3) is 4.32. The van der Waals surface area contributed by atoms with Crippen molar-refractivity contribution >= 4 is 17.5 Å². The van der Waals surface area contributed by atoms with Crippen LogP contribution in [0.2, 0.25) is 0 Å². The van der Waals surface area contributed by atoms with Crippen molar-refractivity contribution in [3.05, 3.63) is 0 Å². The molecule has 0 aromatic rings. The maximum Gasteiger partial charge on any atom is 0.225 e. The Kier molecular flexibility index (Phi) is 6.86. The summed E-state index contributed by atoms with van der Waals surface area (Å²) in [4.78, 5) is 14.2. The number of rotatable bonds is 6. The highest BCUT2D eigenvalue weighted by molar-refractivity contribution is 6.18. The van der Waals surface area contributed by atoms with E-state index in [1.807, 2.05) is 4.90 Å². The highest BCUT2D eigenvalue weighted by Crippen LogP contribution is 2.25. The lowest BCUT2D eigenvalue weighted by Gasteiger charge is -2.28. The quantitative estimate of drug-likeness (QED) is 0.657. The summed E-state index contributed by atoms with van der Waals surface area (Å²) in [6.45, 7) is 3.76. The molecule has 0 unspecified atom stereocenters. The Morgan fingerprint density at radius 3 is 2.50 bits per heavy atom. The molecular formula is C13H24ClNO. The molecule has 1 amide bonds. The number of hydrogen-bond donors (Lipinski definition) is 0. The first-order valence-electron chi connectivity index (χ1n) is 6.64. The average Bonchev–Trinajstić information content (AvgIpc) is 2.35. The van der Waals surface area contributed by atoms with Crippen molar-refractivity contribution in [1.29, 1.82) is 0 Å². The SMILES string of the molecule is CCCCN(CCCl)C(=O)C1CCCCC1. The van der Waals surface area contributed by atoms with E-state index in [1.54, 1.807) is 0 Å². The van der Waals surface area contributed by atoms with Gasteiger partial charge in [-0.05, 0) is 19.3 Å². The molecule has 1 aliphatic carbocycles. The minimum atomic E-state index is 0.286. The number of amides is 1. The van der Waals surface area contributed by atoms with E-state index in [9.17, 15) is 4.79 Å². The number of unbranched alkanes of at least 4 members (excludes halogenated alkanes) is 1. The fraction of sp³-hybridized carbons (Fsp3) is 0.923. The third-order valence-corrected chi connectivity index (χ3v) is 3.57. The van der Waals surface area contributed by atoms with Crippen molar-refractivity contribution < 1.29 is 4.79 Å². The molecule has 0 spiro atoms. The Morgan fingerprint density at radius 2 is 1.94 bits per heavy atom. The molecule has 0 aliphatic heterocycles. The largest absolute Gasteiger partial charge is 0.341 e. The lowest BCUT2D eigenvalue weighted by atomic mass is 9.88. The van der Waals surface area contributed by atoms with E-state index in [-0.39, 0.29) is 5.92 Å². The van der Waals surface area contributed by atoms with Gasteiger partial charge in [-0.2, -0.15) is 0 Å². The van der Waals surface area contributed by atoms with Crippen LogP contribution in [0.25, 0.3) is 0 Å². The first kappa shape index (κ1) is 13.8. The summed E-state index contributed by atoms with van der Waals surface area (Å²) in [5.74, 6) is 1.20. The van der Waals surface area contributed by atoms with Gasteiger partial charge < -0.3 is 4.90 Å². The zero-order chi connectivity index (χ0) is 11.8. The molecule has 2 nitrogen and oxygen atoms in total. The number of carbonyl (C=O) groups excluding carboxylic acids is 1. The molecule has 1 rings (SSSR count). The molecule has 0 heterocycles. The van der Waals surface area contributed by atoms with E-state index >= 15 is 0 Å². The average molecular weight is 246 g/mol. The zero-order valence-corrected chi connectivity index (χ0v) is 11.1. The molecule has 1 aliphatic rings. The van der Waals surface area contributed by atoms with Gasteiger partial charge in [0.15, 0.2) is 0 Å². The summed E-state index contributed by atoms with van der Waals surface area (Å²) < 4.78 is 0. The smallest absolute Gasteiger partial charge is 0.225 e. The highest BCUT2D eigenvalue weighted by atomic mass is 35.5. The standard InChI is InChI=1S/C13H24ClNO/c1-2-3-10-15(11-9-14)13(16)12-7-5-4-6-8-12/h12H,2-11H2,1H3. The predicted octanol–water partition coefficient (Wildman–Crippen LogP) is 3.43. The number of halogens is 1. The second-order valence-electron chi connectivity index (χ2n) is 4.70. The van der Waals surface area contributed by atoms with Crippen molar-refractivity contribution in [2.24, 2.45) is 5.92 Å². The molecule has 0 bridgehead atoms. The number of nitrogens with zero attached hydrogens (tertiary/aromatic N) is 1. The first-order valence-corrected chi connectivity index (χ1v) is 7.17. The summed E-state index contributed by atoms with van der Waals surface area (Å²) in [5, 5.41) is 0. The van der Waals surface area contributed by atoms with Crippen LogP contribution in [0.1, 0.15) is 51.9 Å². The fourth-order valence-electron chi connectivity index (χ4n) is 2.39. The molecule has 0 saturated heterocycles. The minimum absolute atomic E-state index is 0.286. The van der Waals surface area contributed by atoms with E-state index < -0.39 is 0 Å². The fourth-order valence-corrected chi connectivity index (χ4v) is 2.59. The first-order chi connectivity index (χ1) is 7.79. The lowest BCUT2D eigenvalue weighted by molar-refractivity contribution is -0.136. The van der Waals surface area contributed by atoms with Crippen molar-refractivity contribution in [1.82, 2.24) is 4.90 Å². The second-order valence-corrected chi connectivity index (χ2v) is 5.08. The van der Waals surface area contributed by atoms with Gasteiger partial charge in [0, 0.05) is 24.9 Å². The zero-order valence-electron chi connectivity index (χ0n) is 10.4. The van der Waals surface area contributed by atoms with Crippen molar-refractivity contribution in [2.75, 3.05) is 19.0 Å². The van der Waals surface area contributed by atoms with Crippen molar-refractivity contribution in [3.8, 4) is 0 Å². The Balaban J connectivity index is 2.44. The predicted molar refractivity (Wildman–Crippen MR) is 68.8 cm³/mol. The molecule has 0 aromatic heterocycles. The molecule has 1 fully saturated rings. The second kappa shape index (κ2) is 7.94. The van der Waals surface area contributed by atoms with Crippen LogP contribution in [0.15, 0.2) is 0 Å². The molecule has 3 heteroatoms. The monoisotopic (exact) mass is 245 g/mol. The van der Waals surface area contributed by atoms with Crippen LogP contribution >= 0.6 is 11.6 Å². The van der Waals surface area contributed by atoms with Crippen LogP contribution < -0.4 is 0 Å². The maximum atomic E-state index is 12.3. The highest BCUT2D eigenvalue weighted by Gasteiger charge is 2.25.